The molecule has 0 spiro atoms. The summed E-state index contributed by atoms with van der Waals surface area (Å²) in [7, 11) is 0. The zero-order valence-electron chi connectivity index (χ0n) is 12.3. The lowest BCUT2D eigenvalue weighted by Gasteiger charge is -2.32. The Morgan fingerprint density at radius 2 is 2.06 bits per heavy atom. The fourth-order valence-electron chi connectivity index (χ4n) is 2.67. The van der Waals surface area contributed by atoms with Crippen molar-refractivity contribution in [2.75, 3.05) is 13.2 Å². The zero-order valence-corrected chi connectivity index (χ0v) is 12.3. The second-order valence-corrected chi connectivity index (χ2v) is 6.23. The fraction of sp³-hybridized carbons (Fsp3) is 0.625. The molecule has 1 N–H and O–H groups in total. The molecule has 0 fully saturated rings. The second-order valence-electron chi connectivity index (χ2n) is 6.23. The molecule has 0 aromatic heterocycles. The third kappa shape index (κ3) is 2.54. The Kier molecular flexibility index (Phi) is 3.67. The number of nitrogens with one attached hydrogen (secondary N) is 1. The smallest absolute Gasteiger partial charge is 0.127 e. The molecule has 1 aromatic carbocycles. The van der Waals surface area contributed by atoms with E-state index in [1.165, 1.54) is 16.7 Å². The molecule has 0 amide bonds. The average Bonchev–Trinajstić information content (AvgIpc) is 2.28. The first-order valence-corrected chi connectivity index (χ1v) is 6.94. The molecule has 18 heavy (non-hydrogen) atoms. The molecule has 1 atom stereocenters. The third-order valence-electron chi connectivity index (χ3n) is 3.55. The van der Waals surface area contributed by atoms with Gasteiger partial charge in [0, 0.05) is 23.6 Å². The molecule has 1 aromatic rings. The standard InChI is InChI=1S/C16H25NO/c1-6-17-14-7-8-18-15-12(14)9-11(2)10-13(15)16(3,4)5/h9-10,14,17H,6-8H2,1-5H3. The van der Waals surface area contributed by atoms with Crippen molar-refractivity contribution in [2.45, 2.75) is 52.5 Å². The van der Waals surface area contributed by atoms with Crippen LogP contribution >= 0.6 is 0 Å². The first-order valence-electron chi connectivity index (χ1n) is 6.94. The largest absolute Gasteiger partial charge is 0.493 e. The Labute approximate surface area is 111 Å². The molecule has 0 bridgehead atoms. The summed E-state index contributed by atoms with van der Waals surface area (Å²) in [6, 6.07) is 4.99. The van der Waals surface area contributed by atoms with Gasteiger partial charge in [0.05, 0.1) is 6.61 Å². The van der Waals surface area contributed by atoms with Gasteiger partial charge in [-0.25, -0.2) is 0 Å². The van der Waals surface area contributed by atoms with Gasteiger partial charge < -0.3 is 10.1 Å². The Balaban J connectivity index is 2.52. The number of rotatable bonds is 2. The molecule has 2 nitrogen and oxygen atoms in total. The van der Waals surface area contributed by atoms with Gasteiger partial charge in [-0.05, 0) is 18.9 Å². The molecule has 1 unspecified atom stereocenters. The molecule has 0 aliphatic carbocycles. The van der Waals surface area contributed by atoms with Gasteiger partial charge in [0.1, 0.15) is 5.75 Å². The molecule has 0 radical (unpaired) electrons. The highest BCUT2D eigenvalue weighted by Gasteiger charge is 2.28. The van der Waals surface area contributed by atoms with Gasteiger partial charge in [0.2, 0.25) is 0 Å². The van der Waals surface area contributed by atoms with Crippen molar-refractivity contribution in [3.63, 3.8) is 0 Å². The topological polar surface area (TPSA) is 21.3 Å². The molecule has 0 saturated carbocycles. The van der Waals surface area contributed by atoms with Crippen LogP contribution in [0.1, 0.15) is 56.8 Å². The van der Waals surface area contributed by atoms with Crippen molar-refractivity contribution in [3.8, 4) is 5.75 Å². The van der Waals surface area contributed by atoms with Crippen LogP contribution in [0.2, 0.25) is 0 Å². The SMILES string of the molecule is CCNC1CCOc2c1cc(C)cc2C(C)(C)C. The van der Waals surface area contributed by atoms with E-state index in [2.05, 4.69) is 52.1 Å². The van der Waals surface area contributed by atoms with E-state index in [4.69, 9.17) is 4.74 Å². The minimum atomic E-state index is 0.129. The van der Waals surface area contributed by atoms with Gasteiger partial charge in [-0.3, -0.25) is 0 Å². The van der Waals surface area contributed by atoms with E-state index in [9.17, 15) is 0 Å². The minimum Gasteiger partial charge on any atom is -0.493 e. The maximum Gasteiger partial charge on any atom is 0.127 e. The second kappa shape index (κ2) is 4.93. The molecule has 2 heteroatoms. The highest BCUT2D eigenvalue weighted by atomic mass is 16.5. The van der Waals surface area contributed by atoms with Gasteiger partial charge >= 0.3 is 0 Å². The van der Waals surface area contributed by atoms with Crippen molar-refractivity contribution in [3.05, 3.63) is 28.8 Å². The molecule has 100 valence electrons. The molecule has 1 aliphatic rings. The number of ether oxygens (including phenoxy) is 1. The van der Waals surface area contributed by atoms with Crippen molar-refractivity contribution in [1.29, 1.82) is 0 Å². The van der Waals surface area contributed by atoms with Crippen molar-refractivity contribution in [2.24, 2.45) is 0 Å². The number of aryl methyl sites for hydroxylation is 1. The highest BCUT2D eigenvalue weighted by Crippen LogP contribution is 2.41. The number of hydrogen-bond acceptors (Lipinski definition) is 2. The van der Waals surface area contributed by atoms with Gasteiger partial charge in [-0.2, -0.15) is 0 Å². The first kappa shape index (κ1) is 13.4. The van der Waals surface area contributed by atoms with E-state index < -0.39 is 0 Å². The summed E-state index contributed by atoms with van der Waals surface area (Å²) >= 11 is 0. The van der Waals surface area contributed by atoms with Gasteiger partial charge in [0.25, 0.3) is 0 Å². The van der Waals surface area contributed by atoms with E-state index >= 15 is 0 Å². The van der Waals surface area contributed by atoms with Crippen LogP contribution in [0, 0.1) is 6.92 Å². The lowest BCUT2D eigenvalue weighted by molar-refractivity contribution is 0.248. The van der Waals surface area contributed by atoms with E-state index in [1.54, 1.807) is 0 Å². The van der Waals surface area contributed by atoms with E-state index in [1.807, 2.05) is 0 Å². The van der Waals surface area contributed by atoms with Gasteiger partial charge in [-0.15, -0.1) is 0 Å². The highest BCUT2D eigenvalue weighted by molar-refractivity contribution is 5.50. The van der Waals surface area contributed by atoms with Crippen LogP contribution in [0.25, 0.3) is 0 Å². The van der Waals surface area contributed by atoms with Crippen LogP contribution in [0.5, 0.6) is 5.75 Å². The number of benzene rings is 1. The maximum absolute atomic E-state index is 5.97. The summed E-state index contributed by atoms with van der Waals surface area (Å²) in [6.07, 6.45) is 1.06. The summed E-state index contributed by atoms with van der Waals surface area (Å²) in [5.74, 6) is 1.12. The Morgan fingerprint density at radius 1 is 1.33 bits per heavy atom. The monoisotopic (exact) mass is 247 g/mol. The normalized spacial score (nSPS) is 19.3. The van der Waals surface area contributed by atoms with Crippen LogP contribution in [0.4, 0.5) is 0 Å². The van der Waals surface area contributed by atoms with Gasteiger partial charge in [-0.1, -0.05) is 45.4 Å². The van der Waals surface area contributed by atoms with E-state index in [-0.39, 0.29) is 5.41 Å². The van der Waals surface area contributed by atoms with Crippen LogP contribution < -0.4 is 10.1 Å². The third-order valence-corrected chi connectivity index (χ3v) is 3.55. The van der Waals surface area contributed by atoms with Crippen molar-refractivity contribution >= 4 is 0 Å². The Hall–Kier alpha value is -1.02. The number of fused-ring (bicyclic) bond motifs is 1. The lowest BCUT2D eigenvalue weighted by atomic mass is 9.82. The van der Waals surface area contributed by atoms with E-state index in [0.29, 0.717) is 6.04 Å². The summed E-state index contributed by atoms with van der Waals surface area (Å²) < 4.78 is 5.97. The maximum atomic E-state index is 5.97. The Morgan fingerprint density at radius 3 is 2.67 bits per heavy atom. The molecule has 1 heterocycles. The van der Waals surface area contributed by atoms with Crippen LogP contribution in [-0.2, 0) is 5.41 Å². The minimum absolute atomic E-state index is 0.129. The summed E-state index contributed by atoms with van der Waals surface area (Å²) in [5, 5.41) is 3.57. The fourth-order valence-corrected chi connectivity index (χ4v) is 2.67. The summed E-state index contributed by atoms with van der Waals surface area (Å²) in [6.45, 7) is 12.9. The average molecular weight is 247 g/mol. The number of hydrogen-bond donors (Lipinski definition) is 1. The molecular formula is C16H25NO. The van der Waals surface area contributed by atoms with Crippen molar-refractivity contribution < 1.29 is 4.74 Å². The first-order chi connectivity index (χ1) is 8.43. The van der Waals surface area contributed by atoms with E-state index in [0.717, 1.165) is 25.3 Å². The molecule has 0 saturated heterocycles. The quantitative estimate of drug-likeness (QED) is 0.860. The zero-order chi connectivity index (χ0) is 13.3. The van der Waals surface area contributed by atoms with Crippen LogP contribution in [0.3, 0.4) is 0 Å². The summed E-state index contributed by atoms with van der Waals surface area (Å²) in [4.78, 5) is 0. The lowest BCUT2D eigenvalue weighted by Crippen LogP contribution is -2.28. The van der Waals surface area contributed by atoms with Crippen molar-refractivity contribution in [1.82, 2.24) is 5.32 Å². The van der Waals surface area contributed by atoms with Crippen LogP contribution in [-0.4, -0.2) is 13.2 Å². The molecule has 2 rings (SSSR count). The molecule has 1 aliphatic heterocycles. The van der Waals surface area contributed by atoms with Crippen LogP contribution in [0.15, 0.2) is 12.1 Å². The predicted molar refractivity (Wildman–Crippen MR) is 76.4 cm³/mol. The van der Waals surface area contributed by atoms with Gasteiger partial charge in [0.15, 0.2) is 0 Å². The molecular weight excluding hydrogens is 222 g/mol. The predicted octanol–water partition coefficient (Wildman–Crippen LogP) is 3.73. The Bertz CT molecular complexity index is 431. The summed E-state index contributed by atoms with van der Waals surface area (Å²) in [5.41, 5.74) is 4.13.